The fraction of sp³-hybridized carbons (Fsp3) is 0.765. The average molecular weight is 395 g/mol. The molecule has 1 aliphatic heterocycles. The van der Waals surface area contributed by atoms with Crippen molar-refractivity contribution in [2.75, 3.05) is 13.1 Å². The molecule has 0 spiro atoms. The molecule has 1 saturated heterocycles. The van der Waals surface area contributed by atoms with Gasteiger partial charge in [-0.1, -0.05) is 0 Å². The number of alkyl halides is 3. The van der Waals surface area contributed by atoms with E-state index in [-0.39, 0.29) is 18.4 Å². The number of likely N-dealkylation sites (tertiary alicyclic amines) is 1. The Hall–Kier alpha value is -1.28. The number of rotatable bonds is 7. The molecule has 3 rings (SSSR count). The first kappa shape index (κ1) is 21.0. The molecule has 2 aliphatic rings. The topological polar surface area (TPSA) is 50.2 Å². The Morgan fingerprint density at radius 2 is 2.08 bits per heavy atom. The maximum absolute atomic E-state index is 12.3. The summed E-state index contributed by atoms with van der Waals surface area (Å²) in [7, 11) is 0. The second-order valence-electron chi connectivity index (χ2n) is 7.19. The van der Waals surface area contributed by atoms with Gasteiger partial charge in [0.2, 0.25) is 5.91 Å². The lowest BCUT2D eigenvalue weighted by atomic mass is 9.98. The van der Waals surface area contributed by atoms with Crippen LogP contribution in [0.5, 0.6) is 0 Å². The van der Waals surface area contributed by atoms with Gasteiger partial charge >= 0.3 is 6.18 Å². The summed E-state index contributed by atoms with van der Waals surface area (Å²) in [5.74, 6) is 0.445. The van der Waals surface area contributed by atoms with Crippen LogP contribution in [0.3, 0.4) is 0 Å². The second kappa shape index (κ2) is 8.61. The third-order valence-corrected chi connectivity index (χ3v) is 5.07. The molecule has 0 bridgehead atoms. The lowest BCUT2D eigenvalue weighted by Crippen LogP contribution is -2.41. The zero-order valence-electron chi connectivity index (χ0n) is 14.8. The van der Waals surface area contributed by atoms with Crippen LogP contribution in [0.15, 0.2) is 12.4 Å². The summed E-state index contributed by atoms with van der Waals surface area (Å²) in [5, 5.41) is 7.13. The lowest BCUT2D eigenvalue weighted by molar-refractivity contribution is -0.144. The number of halogens is 4. The van der Waals surface area contributed by atoms with Crippen LogP contribution < -0.4 is 5.32 Å². The predicted octanol–water partition coefficient (Wildman–Crippen LogP) is 2.99. The van der Waals surface area contributed by atoms with Crippen molar-refractivity contribution in [2.24, 2.45) is 11.8 Å². The van der Waals surface area contributed by atoms with E-state index in [2.05, 4.69) is 15.3 Å². The fourth-order valence-corrected chi connectivity index (χ4v) is 3.65. The molecule has 0 radical (unpaired) electrons. The number of amides is 1. The molecule has 1 saturated carbocycles. The van der Waals surface area contributed by atoms with Crippen molar-refractivity contribution >= 4 is 18.3 Å². The van der Waals surface area contributed by atoms with Crippen LogP contribution in [0.2, 0.25) is 0 Å². The van der Waals surface area contributed by atoms with E-state index in [1.165, 1.54) is 0 Å². The van der Waals surface area contributed by atoms with E-state index in [1.54, 1.807) is 0 Å². The van der Waals surface area contributed by atoms with Crippen molar-refractivity contribution in [2.45, 2.75) is 57.9 Å². The van der Waals surface area contributed by atoms with E-state index in [1.807, 2.05) is 24.0 Å². The molecule has 9 heteroatoms. The number of hydrogen-bond acceptors (Lipinski definition) is 3. The molecule has 2 atom stereocenters. The van der Waals surface area contributed by atoms with Crippen LogP contribution in [0, 0.1) is 11.8 Å². The predicted molar refractivity (Wildman–Crippen MR) is 93.9 cm³/mol. The number of aromatic nitrogens is 2. The summed E-state index contributed by atoms with van der Waals surface area (Å²) in [5.41, 5.74) is 1.13. The number of nitrogens with zero attached hydrogens (tertiary/aromatic N) is 3. The first-order valence-electron chi connectivity index (χ1n) is 8.94. The van der Waals surface area contributed by atoms with Crippen molar-refractivity contribution in [1.29, 1.82) is 0 Å². The molecule has 1 aromatic rings. The molecule has 0 unspecified atom stereocenters. The van der Waals surface area contributed by atoms with E-state index < -0.39 is 24.9 Å². The summed E-state index contributed by atoms with van der Waals surface area (Å²) in [6.07, 6.45) is 0.350. The maximum atomic E-state index is 12.3. The molecule has 148 valence electrons. The van der Waals surface area contributed by atoms with Gasteiger partial charge < -0.3 is 5.32 Å². The smallest absolute Gasteiger partial charge is 0.352 e. The van der Waals surface area contributed by atoms with Crippen molar-refractivity contribution in [1.82, 2.24) is 20.0 Å². The van der Waals surface area contributed by atoms with Crippen LogP contribution >= 0.6 is 12.4 Å². The van der Waals surface area contributed by atoms with Gasteiger partial charge in [-0.2, -0.15) is 18.3 Å². The molecule has 2 heterocycles. The Kier molecular flexibility index (Phi) is 6.96. The van der Waals surface area contributed by atoms with Gasteiger partial charge in [-0.15, -0.1) is 12.4 Å². The molecule has 26 heavy (non-hydrogen) atoms. The SMILES string of the molecule is CCn1cc(CN2C[C@H](NC(=O)CCC(F)(F)F)[C@@H](C3CC3)C2)cn1.Cl. The first-order valence-corrected chi connectivity index (χ1v) is 8.94. The zero-order valence-corrected chi connectivity index (χ0v) is 15.7. The van der Waals surface area contributed by atoms with Gasteiger partial charge in [0.05, 0.1) is 12.6 Å². The number of nitrogens with one attached hydrogen (secondary N) is 1. The molecule has 0 aromatic carbocycles. The van der Waals surface area contributed by atoms with E-state index in [4.69, 9.17) is 0 Å². The highest BCUT2D eigenvalue weighted by Gasteiger charge is 2.43. The summed E-state index contributed by atoms with van der Waals surface area (Å²) < 4.78 is 38.7. The minimum Gasteiger partial charge on any atom is -0.352 e. The zero-order chi connectivity index (χ0) is 18.0. The lowest BCUT2D eigenvalue weighted by Gasteiger charge is -2.19. The van der Waals surface area contributed by atoms with E-state index in [0.29, 0.717) is 18.4 Å². The van der Waals surface area contributed by atoms with Crippen LogP contribution in [0.4, 0.5) is 13.2 Å². The van der Waals surface area contributed by atoms with Gasteiger partial charge in [-0.05, 0) is 31.6 Å². The third-order valence-electron chi connectivity index (χ3n) is 5.07. The van der Waals surface area contributed by atoms with Crippen molar-refractivity contribution < 1.29 is 18.0 Å². The second-order valence-corrected chi connectivity index (χ2v) is 7.19. The minimum atomic E-state index is -4.28. The van der Waals surface area contributed by atoms with Gasteiger partial charge in [0.25, 0.3) is 0 Å². The molecule has 1 aromatic heterocycles. The minimum absolute atomic E-state index is 0. The maximum Gasteiger partial charge on any atom is 0.389 e. The fourth-order valence-electron chi connectivity index (χ4n) is 3.65. The highest BCUT2D eigenvalue weighted by Crippen LogP contribution is 2.41. The summed E-state index contributed by atoms with van der Waals surface area (Å²) in [4.78, 5) is 14.2. The highest BCUT2D eigenvalue weighted by molar-refractivity contribution is 5.85. The molecule has 2 fully saturated rings. The largest absolute Gasteiger partial charge is 0.389 e. The Morgan fingerprint density at radius 3 is 2.65 bits per heavy atom. The van der Waals surface area contributed by atoms with Gasteiger partial charge in [0, 0.05) is 50.4 Å². The highest BCUT2D eigenvalue weighted by atomic mass is 35.5. The van der Waals surface area contributed by atoms with Crippen LogP contribution in [-0.4, -0.2) is 45.9 Å². The Morgan fingerprint density at radius 1 is 1.35 bits per heavy atom. The van der Waals surface area contributed by atoms with Crippen molar-refractivity contribution in [3.8, 4) is 0 Å². The van der Waals surface area contributed by atoms with E-state index in [9.17, 15) is 18.0 Å². The summed E-state index contributed by atoms with van der Waals surface area (Å²) >= 11 is 0. The van der Waals surface area contributed by atoms with E-state index >= 15 is 0 Å². The molecule has 5 nitrogen and oxygen atoms in total. The number of aryl methyl sites for hydroxylation is 1. The molecule has 1 amide bonds. The Labute approximate surface area is 157 Å². The van der Waals surface area contributed by atoms with Crippen LogP contribution in [0.1, 0.15) is 38.2 Å². The van der Waals surface area contributed by atoms with Crippen molar-refractivity contribution in [3.05, 3.63) is 18.0 Å². The van der Waals surface area contributed by atoms with Crippen LogP contribution in [-0.2, 0) is 17.9 Å². The van der Waals surface area contributed by atoms with Crippen LogP contribution in [0.25, 0.3) is 0 Å². The number of carbonyl (C=O) groups excluding carboxylic acids is 1. The Bertz CT molecular complexity index is 603. The monoisotopic (exact) mass is 394 g/mol. The van der Waals surface area contributed by atoms with Gasteiger partial charge in [-0.25, -0.2) is 0 Å². The van der Waals surface area contributed by atoms with Gasteiger partial charge in [0.15, 0.2) is 0 Å². The average Bonchev–Trinajstić information content (AvgIpc) is 3.16. The molecule has 1 N–H and O–H groups in total. The normalized spacial score (nSPS) is 23.7. The Balaban J connectivity index is 0.00000243. The summed E-state index contributed by atoms with van der Waals surface area (Å²) in [6, 6.07) is -0.0468. The quantitative estimate of drug-likeness (QED) is 0.773. The number of hydrogen-bond donors (Lipinski definition) is 1. The first-order chi connectivity index (χ1) is 11.8. The standard InChI is InChI=1S/C17H25F3N4O.ClH/c1-2-24-9-12(7-21-24)8-23-10-14(13-3-4-13)15(11-23)22-16(25)5-6-17(18,19)20;/h7,9,13-15H,2-6,8,10-11H2,1H3,(H,22,25);1H/t14-,15+;/m1./s1. The van der Waals surface area contributed by atoms with Gasteiger partial charge in [-0.3, -0.25) is 14.4 Å². The van der Waals surface area contributed by atoms with Crippen molar-refractivity contribution in [3.63, 3.8) is 0 Å². The molecular weight excluding hydrogens is 369 g/mol. The van der Waals surface area contributed by atoms with E-state index in [0.717, 1.165) is 38.0 Å². The summed E-state index contributed by atoms with van der Waals surface area (Å²) in [6.45, 7) is 5.19. The number of carbonyl (C=O) groups is 1. The third kappa shape index (κ3) is 5.87. The van der Waals surface area contributed by atoms with Gasteiger partial charge in [0.1, 0.15) is 0 Å². The molecule has 1 aliphatic carbocycles. The molecular formula is C17H26ClF3N4O.